The van der Waals surface area contributed by atoms with Gasteiger partial charge in [-0.3, -0.25) is 9.80 Å². The van der Waals surface area contributed by atoms with Gasteiger partial charge in [-0.15, -0.1) is 0 Å². The Hall–Kier alpha value is -3.80. The highest BCUT2D eigenvalue weighted by molar-refractivity contribution is 5.96. The number of carbonyl (C=O) groups excluding carboxylic acids is 1. The van der Waals surface area contributed by atoms with Gasteiger partial charge in [0, 0.05) is 32.1 Å². The number of alkyl halides is 1. The van der Waals surface area contributed by atoms with Crippen molar-refractivity contribution in [2.24, 2.45) is 0 Å². The van der Waals surface area contributed by atoms with Crippen LogP contribution in [0.4, 0.5) is 23.8 Å². The zero-order valence-corrected chi connectivity index (χ0v) is 26.5. The van der Waals surface area contributed by atoms with Crippen LogP contribution in [0.1, 0.15) is 58.4 Å². The predicted molar refractivity (Wildman–Crippen MR) is 166 cm³/mol. The second kappa shape index (κ2) is 11.8. The van der Waals surface area contributed by atoms with E-state index in [9.17, 15) is 9.18 Å². The molecular weight excluding hydrogens is 599 g/mol. The van der Waals surface area contributed by atoms with Crippen molar-refractivity contribution in [3.8, 4) is 11.8 Å². The molecule has 0 aliphatic carbocycles. The maximum absolute atomic E-state index is 15.6. The third-order valence-corrected chi connectivity index (χ3v) is 9.64. The number of benzene rings is 2. The highest BCUT2D eigenvalue weighted by Crippen LogP contribution is 2.43. The van der Waals surface area contributed by atoms with Crippen LogP contribution in [0.25, 0.3) is 10.9 Å². The van der Waals surface area contributed by atoms with Crippen molar-refractivity contribution in [2.75, 3.05) is 37.7 Å². The molecule has 2 aromatic carbocycles. The number of nitrogens with zero attached hydrogens (tertiary/aromatic N) is 5. The molecule has 4 aliphatic rings. The molecule has 5 heterocycles. The van der Waals surface area contributed by atoms with Gasteiger partial charge in [0.05, 0.1) is 23.0 Å². The summed E-state index contributed by atoms with van der Waals surface area (Å²) in [7, 11) is 0. The first-order valence-electron chi connectivity index (χ1n) is 16.1. The van der Waals surface area contributed by atoms with Crippen molar-refractivity contribution in [1.82, 2.24) is 19.8 Å². The van der Waals surface area contributed by atoms with Crippen LogP contribution in [0.15, 0.2) is 36.4 Å². The molecule has 246 valence electrons. The van der Waals surface area contributed by atoms with Gasteiger partial charge in [-0.2, -0.15) is 9.97 Å². The van der Waals surface area contributed by atoms with E-state index in [0.29, 0.717) is 26.1 Å². The molecule has 0 radical (unpaired) electrons. The van der Waals surface area contributed by atoms with Crippen LogP contribution in [-0.4, -0.2) is 88.0 Å². The number of rotatable bonds is 7. The Labute approximate surface area is 266 Å². The number of halogens is 3. The molecule has 2 bridgehead atoms. The molecule has 3 aromatic rings. The first kappa shape index (κ1) is 30.8. The van der Waals surface area contributed by atoms with Crippen molar-refractivity contribution < 1.29 is 32.2 Å². The van der Waals surface area contributed by atoms with E-state index >= 15 is 8.78 Å². The third-order valence-electron chi connectivity index (χ3n) is 9.64. The van der Waals surface area contributed by atoms with Crippen LogP contribution in [0.5, 0.6) is 11.8 Å². The lowest BCUT2D eigenvalue weighted by atomic mass is 9.95. The van der Waals surface area contributed by atoms with Gasteiger partial charge in [-0.1, -0.05) is 30.3 Å². The monoisotopic (exact) mass is 639 g/mol. The number of hydrogen-bond donors (Lipinski definition) is 0. The minimum atomic E-state index is -0.932. The predicted octanol–water partition coefficient (Wildman–Crippen LogP) is 6.03. The van der Waals surface area contributed by atoms with Crippen LogP contribution in [-0.2, 0) is 11.3 Å². The molecule has 46 heavy (non-hydrogen) atoms. The maximum atomic E-state index is 15.6. The maximum Gasteiger partial charge on any atom is 0.410 e. The summed E-state index contributed by atoms with van der Waals surface area (Å²) in [6.07, 6.45) is 2.31. The molecule has 4 saturated heterocycles. The molecule has 1 amide bonds. The summed E-state index contributed by atoms with van der Waals surface area (Å²) in [6, 6.07) is 9.66. The van der Waals surface area contributed by atoms with Crippen LogP contribution in [0, 0.1) is 11.6 Å². The highest BCUT2D eigenvalue weighted by atomic mass is 19.1. The van der Waals surface area contributed by atoms with Gasteiger partial charge >= 0.3 is 12.1 Å². The van der Waals surface area contributed by atoms with Crippen LogP contribution in [0.3, 0.4) is 0 Å². The van der Waals surface area contributed by atoms with E-state index in [-0.39, 0.29) is 59.9 Å². The molecule has 9 nitrogen and oxygen atoms in total. The van der Waals surface area contributed by atoms with Crippen molar-refractivity contribution in [3.63, 3.8) is 0 Å². The molecule has 0 saturated carbocycles. The lowest BCUT2D eigenvalue weighted by molar-refractivity contribution is 0.0122. The quantitative estimate of drug-likeness (QED) is 0.310. The van der Waals surface area contributed by atoms with Gasteiger partial charge in [0.2, 0.25) is 0 Å². The summed E-state index contributed by atoms with van der Waals surface area (Å²) in [5.74, 6) is -1.61. The Bertz CT molecular complexity index is 1610. The largest absolute Gasteiger partial charge is 0.485 e. The summed E-state index contributed by atoms with van der Waals surface area (Å²) < 4.78 is 63.6. The molecule has 0 N–H and O–H groups in total. The molecule has 3 unspecified atom stereocenters. The summed E-state index contributed by atoms with van der Waals surface area (Å²) >= 11 is 0. The van der Waals surface area contributed by atoms with Crippen molar-refractivity contribution >= 4 is 22.8 Å². The average Bonchev–Trinajstić information content (AvgIpc) is 3.62. The fraction of sp³-hybridized carbons (Fsp3) is 0.559. The average molecular weight is 640 g/mol. The number of hydrogen-bond acceptors (Lipinski definition) is 8. The lowest BCUT2D eigenvalue weighted by Gasteiger charge is -2.42. The fourth-order valence-corrected chi connectivity index (χ4v) is 7.68. The number of aromatic nitrogens is 2. The van der Waals surface area contributed by atoms with Gasteiger partial charge in [-0.05, 0) is 58.6 Å². The number of carbonyl (C=O) groups is 1. The summed E-state index contributed by atoms with van der Waals surface area (Å²) in [5.41, 5.74) is -0.407. The minimum Gasteiger partial charge on any atom is -0.485 e. The second-order valence-electron chi connectivity index (χ2n) is 14.0. The Morgan fingerprint density at radius 1 is 1.02 bits per heavy atom. The molecule has 12 heteroatoms. The Morgan fingerprint density at radius 3 is 2.48 bits per heavy atom. The van der Waals surface area contributed by atoms with Gasteiger partial charge in [-0.25, -0.2) is 18.0 Å². The third kappa shape index (κ3) is 5.80. The van der Waals surface area contributed by atoms with E-state index in [2.05, 4.69) is 9.88 Å². The number of piperazine rings is 1. The zero-order chi connectivity index (χ0) is 32.2. The Balaban J connectivity index is 1.26. The van der Waals surface area contributed by atoms with Crippen molar-refractivity contribution in [3.05, 3.63) is 53.6 Å². The van der Waals surface area contributed by atoms with Gasteiger partial charge in [0.1, 0.15) is 36.3 Å². The van der Waals surface area contributed by atoms with E-state index in [0.717, 1.165) is 43.9 Å². The SMILES string of the molecule is CC(C)(C)OC(=O)N1C2CCC1CN(c1nc(OCC34CCCN3C[C@H](F)C4)nc3c(F)cc(F)c(OCc4ccccc4)c13)C2. The highest BCUT2D eigenvalue weighted by Gasteiger charge is 2.50. The van der Waals surface area contributed by atoms with Crippen LogP contribution >= 0.6 is 0 Å². The molecule has 4 fully saturated rings. The lowest BCUT2D eigenvalue weighted by Crippen LogP contribution is -2.57. The standard InChI is InChI=1S/C34H40F3N5O4/c1-33(2,3)46-32(43)42-23-10-11-24(42)18-40(17-23)30-27-28(25(36)14-26(37)29(27)44-19-21-8-5-4-6-9-21)38-31(39-30)45-20-34-12-7-13-41(34)16-22(35)15-34/h4-6,8-9,14,22-24H,7,10-13,15-20H2,1-3H3/t22-,23?,24?,34?/m1/s1. The van der Waals surface area contributed by atoms with Crippen molar-refractivity contribution in [2.45, 2.75) is 88.9 Å². The molecule has 0 spiro atoms. The van der Waals surface area contributed by atoms with E-state index in [1.54, 1.807) is 4.90 Å². The molecule has 4 aliphatic heterocycles. The van der Waals surface area contributed by atoms with Crippen molar-refractivity contribution in [1.29, 1.82) is 0 Å². The molecule has 4 atom stereocenters. The Morgan fingerprint density at radius 2 is 1.76 bits per heavy atom. The smallest absolute Gasteiger partial charge is 0.410 e. The second-order valence-corrected chi connectivity index (χ2v) is 14.0. The molecule has 7 rings (SSSR count). The van der Waals surface area contributed by atoms with E-state index in [1.165, 1.54) is 0 Å². The first-order chi connectivity index (χ1) is 22.0. The van der Waals surface area contributed by atoms with Gasteiger partial charge in [0.15, 0.2) is 17.4 Å². The Kier molecular flexibility index (Phi) is 7.89. The summed E-state index contributed by atoms with van der Waals surface area (Å²) in [4.78, 5) is 28.2. The number of anilines is 1. The fourth-order valence-electron chi connectivity index (χ4n) is 7.68. The van der Waals surface area contributed by atoms with Crippen LogP contribution in [0.2, 0.25) is 0 Å². The topological polar surface area (TPSA) is 80.3 Å². The van der Waals surface area contributed by atoms with E-state index in [1.807, 2.05) is 56.0 Å². The molecule has 1 aromatic heterocycles. The number of amides is 1. The zero-order valence-electron chi connectivity index (χ0n) is 26.5. The summed E-state index contributed by atoms with van der Waals surface area (Å²) in [6.45, 7) is 7.64. The number of ether oxygens (including phenoxy) is 3. The number of fused-ring (bicyclic) bond motifs is 4. The van der Waals surface area contributed by atoms with Gasteiger partial charge < -0.3 is 19.1 Å². The minimum absolute atomic E-state index is 0.0522. The molecular formula is C34H40F3N5O4. The van der Waals surface area contributed by atoms with E-state index < -0.39 is 28.9 Å². The summed E-state index contributed by atoms with van der Waals surface area (Å²) in [5, 5.41) is 0.108. The van der Waals surface area contributed by atoms with E-state index in [4.69, 9.17) is 19.2 Å². The normalized spacial score (nSPS) is 26.1. The van der Waals surface area contributed by atoms with Crippen LogP contribution < -0.4 is 14.4 Å². The first-order valence-corrected chi connectivity index (χ1v) is 16.1. The van der Waals surface area contributed by atoms with Gasteiger partial charge in [0.25, 0.3) is 0 Å².